The number of carbonyl (C=O) groups excluding carboxylic acids is 1. The van der Waals surface area contributed by atoms with E-state index in [1.165, 1.54) is 19.1 Å². The summed E-state index contributed by atoms with van der Waals surface area (Å²) in [7, 11) is -10.8. The fourth-order valence-electron chi connectivity index (χ4n) is 3.53. The molecule has 3 rings (SSSR count). The van der Waals surface area contributed by atoms with Crippen LogP contribution < -0.4 is 10.7 Å². The summed E-state index contributed by atoms with van der Waals surface area (Å²) < 4.78 is 75.0. The number of carbonyl (C=O) groups is 1. The van der Waals surface area contributed by atoms with Gasteiger partial charge in [0.25, 0.3) is 10.0 Å². The Morgan fingerprint density at radius 2 is 1.63 bits per heavy atom. The number of hydrogen-bond donors (Lipinski definition) is 2. The largest absolute Gasteiger partial charge is 0.352 e. The number of nitrogens with zero attached hydrogens (tertiary/aromatic N) is 1. The van der Waals surface area contributed by atoms with Gasteiger partial charge in [-0.25, -0.2) is 30.7 Å². The monoisotopic (exact) mass is 479 g/mol. The van der Waals surface area contributed by atoms with Crippen LogP contribution in [0.5, 0.6) is 0 Å². The fourth-order valence-corrected chi connectivity index (χ4v) is 8.55. The second-order valence-corrected chi connectivity index (χ2v) is 13.9. The zero-order chi connectivity index (χ0) is 22.2. The molecule has 2 N–H and O–H groups in total. The lowest BCUT2D eigenvalue weighted by atomic mass is 10.2. The SMILES string of the molecule is CC(=O)NCc1ccc(S(=O)(=O)N(N[C@@H]2CCS(=O)(=O)C2)[C@@H]2CCS(=O)(=O)C2)cc1. The molecule has 2 heterocycles. The average Bonchev–Trinajstić information content (AvgIpc) is 3.18. The van der Waals surface area contributed by atoms with Gasteiger partial charge >= 0.3 is 0 Å². The molecule has 13 heteroatoms. The van der Waals surface area contributed by atoms with Crippen molar-refractivity contribution < 1.29 is 30.0 Å². The second-order valence-electron chi connectivity index (χ2n) is 7.64. The Hall–Kier alpha value is -1.54. The van der Waals surface area contributed by atoms with E-state index in [0.29, 0.717) is 5.56 Å². The summed E-state index contributed by atoms with van der Waals surface area (Å²) >= 11 is 0. The van der Waals surface area contributed by atoms with Crippen LogP contribution in [0.3, 0.4) is 0 Å². The first-order valence-corrected chi connectivity index (χ1v) is 14.5. The molecule has 2 saturated heterocycles. The van der Waals surface area contributed by atoms with Crippen LogP contribution in [0.15, 0.2) is 29.2 Å². The number of hydrazine groups is 1. The molecule has 0 saturated carbocycles. The van der Waals surface area contributed by atoms with Crippen LogP contribution in [0.2, 0.25) is 0 Å². The van der Waals surface area contributed by atoms with Gasteiger partial charge in [0.1, 0.15) is 0 Å². The van der Waals surface area contributed by atoms with E-state index in [1.54, 1.807) is 12.1 Å². The third-order valence-electron chi connectivity index (χ3n) is 5.10. The van der Waals surface area contributed by atoms with E-state index in [2.05, 4.69) is 10.7 Å². The van der Waals surface area contributed by atoms with Crippen molar-refractivity contribution in [2.24, 2.45) is 0 Å². The van der Waals surface area contributed by atoms with Crippen molar-refractivity contribution in [3.8, 4) is 0 Å². The highest BCUT2D eigenvalue weighted by molar-refractivity contribution is 7.92. The van der Waals surface area contributed by atoms with Crippen LogP contribution in [0.25, 0.3) is 0 Å². The minimum absolute atomic E-state index is 0.0423. The first-order chi connectivity index (χ1) is 13.9. The lowest BCUT2D eigenvalue weighted by Gasteiger charge is -2.30. The van der Waals surface area contributed by atoms with Crippen molar-refractivity contribution in [3.05, 3.63) is 29.8 Å². The molecule has 168 valence electrons. The Balaban J connectivity index is 1.86. The minimum Gasteiger partial charge on any atom is -0.352 e. The predicted octanol–water partition coefficient (Wildman–Crippen LogP) is -0.808. The standard InChI is InChI=1S/C17H25N3O7S3/c1-13(21)18-10-14-2-4-17(5-3-14)30(26,27)20(16-7-9-29(24,25)12-16)19-15-6-8-28(22,23)11-15/h2-5,15-16,19H,6-12H2,1H3,(H,18,21)/t15-,16-/m1/s1. The molecule has 10 nitrogen and oxygen atoms in total. The first-order valence-electron chi connectivity index (χ1n) is 9.43. The maximum atomic E-state index is 13.3. The predicted molar refractivity (Wildman–Crippen MR) is 110 cm³/mol. The maximum absolute atomic E-state index is 13.3. The highest BCUT2D eigenvalue weighted by Gasteiger charge is 2.41. The third kappa shape index (κ3) is 5.58. The van der Waals surface area contributed by atoms with Crippen molar-refractivity contribution in [2.45, 2.75) is 43.3 Å². The van der Waals surface area contributed by atoms with E-state index in [9.17, 15) is 30.0 Å². The lowest BCUT2D eigenvalue weighted by molar-refractivity contribution is -0.119. The van der Waals surface area contributed by atoms with Gasteiger partial charge in [-0.3, -0.25) is 4.79 Å². The molecular weight excluding hydrogens is 454 g/mol. The number of hydrogen-bond acceptors (Lipinski definition) is 8. The molecule has 30 heavy (non-hydrogen) atoms. The fraction of sp³-hybridized carbons (Fsp3) is 0.588. The molecule has 0 aromatic heterocycles. The van der Waals surface area contributed by atoms with Gasteiger partial charge in [0.2, 0.25) is 5.91 Å². The third-order valence-corrected chi connectivity index (χ3v) is 10.4. The number of sulfonamides is 1. The van der Waals surface area contributed by atoms with E-state index in [-0.39, 0.29) is 53.2 Å². The molecule has 0 spiro atoms. The van der Waals surface area contributed by atoms with Gasteiger partial charge < -0.3 is 5.32 Å². The summed E-state index contributed by atoms with van der Waals surface area (Å²) in [6, 6.07) is 4.47. The van der Waals surface area contributed by atoms with E-state index in [1.807, 2.05) is 0 Å². The molecular formula is C17H25N3O7S3. The molecule has 1 aromatic rings. The molecule has 0 radical (unpaired) electrons. The normalized spacial score (nSPS) is 25.4. The molecule has 1 amide bonds. The highest BCUT2D eigenvalue weighted by Crippen LogP contribution is 2.25. The molecule has 0 bridgehead atoms. The van der Waals surface area contributed by atoms with Gasteiger partial charge in [-0.1, -0.05) is 12.1 Å². The van der Waals surface area contributed by atoms with Crippen molar-refractivity contribution >= 4 is 35.6 Å². The van der Waals surface area contributed by atoms with Crippen molar-refractivity contribution in [3.63, 3.8) is 0 Å². The van der Waals surface area contributed by atoms with Crippen LogP contribution in [-0.4, -0.2) is 70.7 Å². The molecule has 0 unspecified atom stereocenters. The number of amides is 1. The lowest BCUT2D eigenvalue weighted by Crippen LogP contribution is -2.54. The van der Waals surface area contributed by atoms with Crippen LogP contribution in [0.4, 0.5) is 0 Å². The van der Waals surface area contributed by atoms with Gasteiger partial charge in [0.15, 0.2) is 19.7 Å². The Bertz CT molecular complexity index is 1110. The first kappa shape index (κ1) is 23.1. The summed E-state index contributed by atoms with van der Waals surface area (Å²) in [4.78, 5) is 11.0. The summed E-state index contributed by atoms with van der Waals surface area (Å²) in [5, 5.41) is 2.62. The summed E-state index contributed by atoms with van der Waals surface area (Å²) in [5.74, 6) is -0.896. The quantitative estimate of drug-likeness (QED) is 0.483. The number of sulfone groups is 2. The number of nitrogens with one attached hydrogen (secondary N) is 2. The zero-order valence-electron chi connectivity index (χ0n) is 16.4. The van der Waals surface area contributed by atoms with E-state index < -0.39 is 41.8 Å². The summed E-state index contributed by atoms with van der Waals surface area (Å²) in [6.07, 6.45) is 0.387. The van der Waals surface area contributed by atoms with Crippen molar-refractivity contribution in [1.29, 1.82) is 0 Å². The van der Waals surface area contributed by atoms with Gasteiger partial charge in [-0.2, -0.15) is 0 Å². The number of rotatable bonds is 7. The van der Waals surface area contributed by atoms with Gasteiger partial charge in [0.05, 0.1) is 33.9 Å². The minimum atomic E-state index is -4.13. The zero-order valence-corrected chi connectivity index (χ0v) is 18.9. The maximum Gasteiger partial charge on any atom is 0.256 e. The van der Waals surface area contributed by atoms with E-state index >= 15 is 0 Å². The Labute approximate surface area is 176 Å². The molecule has 0 aliphatic carbocycles. The molecule has 2 aliphatic heterocycles. The molecule has 2 aliphatic rings. The number of benzene rings is 1. The Morgan fingerprint density at radius 1 is 1.03 bits per heavy atom. The molecule has 2 fully saturated rings. The highest BCUT2D eigenvalue weighted by atomic mass is 32.2. The Kier molecular flexibility index (Phi) is 6.58. The van der Waals surface area contributed by atoms with Crippen LogP contribution in [0, 0.1) is 0 Å². The second kappa shape index (κ2) is 8.54. The van der Waals surface area contributed by atoms with Gasteiger partial charge in [-0.15, -0.1) is 4.41 Å². The Morgan fingerprint density at radius 3 is 2.13 bits per heavy atom. The molecule has 1 aromatic carbocycles. The van der Waals surface area contributed by atoms with E-state index in [4.69, 9.17) is 0 Å². The topological polar surface area (TPSA) is 147 Å². The van der Waals surface area contributed by atoms with Crippen LogP contribution in [-0.2, 0) is 41.0 Å². The average molecular weight is 480 g/mol. The van der Waals surface area contributed by atoms with Crippen LogP contribution in [0.1, 0.15) is 25.3 Å². The van der Waals surface area contributed by atoms with Crippen molar-refractivity contribution in [2.75, 3.05) is 23.0 Å². The summed E-state index contributed by atoms with van der Waals surface area (Å²) in [6.45, 7) is 1.62. The van der Waals surface area contributed by atoms with E-state index in [0.717, 1.165) is 4.41 Å². The van der Waals surface area contributed by atoms with Crippen LogP contribution >= 0.6 is 0 Å². The van der Waals surface area contributed by atoms with Gasteiger partial charge in [0, 0.05) is 19.5 Å². The van der Waals surface area contributed by atoms with Crippen molar-refractivity contribution in [1.82, 2.24) is 15.2 Å². The van der Waals surface area contributed by atoms with Gasteiger partial charge in [-0.05, 0) is 30.5 Å². The molecule has 2 atom stereocenters. The smallest absolute Gasteiger partial charge is 0.256 e. The summed E-state index contributed by atoms with van der Waals surface area (Å²) in [5.41, 5.74) is 3.49.